The minimum absolute atomic E-state index is 0.0811. The lowest BCUT2D eigenvalue weighted by molar-refractivity contribution is -0.146. The maximum absolute atomic E-state index is 11.6. The van der Waals surface area contributed by atoms with E-state index in [2.05, 4.69) is 11.8 Å². The van der Waals surface area contributed by atoms with E-state index in [0.717, 1.165) is 25.8 Å². The summed E-state index contributed by atoms with van der Waals surface area (Å²) in [6, 6.07) is 0.479. The molecule has 0 aromatic heterocycles. The van der Waals surface area contributed by atoms with Gasteiger partial charge in [-0.2, -0.15) is 0 Å². The van der Waals surface area contributed by atoms with Crippen LogP contribution in [-0.4, -0.2) is 43.2 Å². The Morgan fingerprint density at radius 3 is 3.00 bits per heavy atom. The number of piperidine rings is 1. The summed E-state index contributed by atoms with van der Waals surface area (Å²) in [5.74, 6) is -0.0811. The number of rotatable bonds is 7. The second-order valence-electron chi connectivity index (χ2n) is 4.77. The smallest absolute Gasteiger partial charge is 0.320 e. The van der Waals surface area contributed by atoms with Gasteiger partial charge in [-0.15, -0.1) is 0 Å². The molecule has 0 saturated carbocycles. The fraction of sp³-hybridized carbons (Fsp3) is 0.923. The van der Waals surface area contributed by atoms with Crippen molar-refractivity contribution in [3.05, 3.63) is 0 Å². The van der Waals surface area contributed by atoms with E-state index in [0.29, 0.717) is 25.7 Å². The number of ether oxygens (including phenoxy) is 1. The summed E-state index contributed by atoms with van der Waals surface area (Å²) < 4.78 is 5.20. The highest BCUT2D eigenvalue weighted by atomic mass is 16.5. The van der Waals surface area contributed by atoms with Crippen LogP contribution < -0.4 is 5.73 Å². The molecule has 1 unspecified atom stereocenters. The lowest BCUT2D eigenvalue weighted by atomic mass is 9.99. The lowest BCUT2D eigenvalue weighted by Gasteiger charge is -2.34. The minimum atomic E-state index is -0.0811. The van der Waals surface area contributed by atoms with Gasteiger partial charge in [0.1, 0.15) is 0 Å². The zero-order valence-electron chi connectivity index (χ0n) is 11.0. The van der Waals surface area contributed by atoms with Gasteiger partial charge in [-0.05, 0) is 38.8 Å². The van der Waals surface area contributed by atoms with Crippen LogP contribution in [0.15, 0.2) is 0 Å². The Labute approximate surface area is 104 Å². The average Bonchev–Trinajstić information content (AvgIpc) is 2.32. The van der Waals surface area contributed by atoms with Crippen molar-refractivity contribution >= 4 is 5.97 Å². The van der Waals surface area contributed by atoms with Crippen molar-refractivity contribution in [3.8, 4) is 0 Å². The monoisotopic (exact) mass is 242 g/mol. The van der Waals surface area contributed by atoms with Crippen molar-refractivity contribution in [3.63, 3.8) is 0 Å². The number of nitrogens with two attached hydrogens (primary N) is 1. The van der Waals surface area contributed by atoms with E-state index < -0.39 is 0 Å². The van der Waals surface area contributed by atoms with E-state index >= 15 is 0 Å². The first-order valence-electron chi connectivity index (χ1n) is 6.87. The Balaban J connectivity index is 2.28. The highest BCUT2D eigenvalue weighted by Gasteiger charge is 2.23. The zero-order valence-corrected chi connectivity index (χ0v) is 11.0. The largest absolute Gasteiger partial charge is 0.465 e. The zero-order chi connectivity index (χ0) is 12.5. The maximum atomic E-state index is 11.6. The van der Waals surface area contributed by atoms with Gasteiger partial charge in [0.05, 0.1) is 13.2 Å². The molecule has 1 atom stereocenters. The Hall–Kier alpha value is -0.610. The summed E-state index contributed by atoms with van der Waals surface area (Å²) in [7, 11) is 0. The van der Waals surface area contributed by atoms with Crippen molar-refractivity contribution in [1.29, 1.82) is 0 Å². The van der Waals surface area contributed by atoms with Gasteiger partial charge in [0.25, 0.3) is 0 Å². The molecule has 0 aromatic rings. The van der Waals surface area contributed by atoms with E-state index in [1.807, 2.05) is 0 Å². The van der Waals surface area contributed by atoms with Crippen molar-refractivity contribution in [2.75, 3.05) is 26.2 Å². The van der Waals surface area contributed by atoms with E-state index in [1.54, 1.807) is 0 Å². The maximum Gasteiger partial charge on any atom is 0.320 e. The third kappa shape index (κ3) is 5.50. The van der Waals surface area contributed by atoms with Gasteiger partial charge < -0.3 is 10.5 Å². The SMILES string of the molecule is CCCCOC(=O)CN1CCCCC1CCN. The first-order chi connectivity index (χ1) is 8.27. The number of esters is 1. The van der Waals surface area contributed by atoms with Crippen molar-refractivity contribution in [2.45, 2.75) is 51.5 Å². The van der Waals surface area contributed by atoms with Crippen LogP contribution in [-0.2, 0) is 9.53 Å². The first kappa shape index (κ1) is 14.5. The van der Waals surface area contributed by atoms with Crippen LogP contribution in [0.2, 0.25) is 0 Å². The number of carbonyl (C=O) groups excluding carboxylic acids is 1. The van der Waals surface area contributed by atoms with Gasteiger partial charge in [-0.3, -0.25) is 9.69 Å². The molecule has 0 aromatic carbocycles. The molecule has 0 aliphatic carbocycles. The summed E-state index contributed by atoms with van der Waals surface area (Å²) in [5, 5.41) is 0. The highest BCUT2D eigenvalue weighted by Crippen LogP contribution is 2.18. The van der Waals surface area contributed by atoms with Crippen LogP contribution in [0.25, 0.3) is 0 Å². The number of unbranched alkanes of at least 4 members (excludes halogenated alkanes) is 1. The van der Waals surface area contributed by atoms with Gasteiger partial charge >= 0.3 is 5.97 Å². The van der Waals surface area contributed by atoms with Gasteiger partial charge in [0.15, 0.2) is 0 Å². The number of nitrogens with zero attached hydrogens (tertiary/aromatic N) is 1. The molecule has 1 fully saturated rings. The van der Waals surface area contributed by atoms with Crippen LogP contribution in [0.3, 0.4) is 0 Å². The van der Waals surface area contributed by atoms with Crippen molar-refractivity contribution in [1.82, 2.24) is 4.90 Å². The van der Waals surface area contributed by atoms with Gasteiger partial charge in [-0.25, -0.2) is 0 Å². The van der Waals surface area contributed by atoms with E-state index in [-0.39, 0.29) is 5.97 Å². The van der Waals surface area contributed by atoms with Crippen LogP contribution >= 0.6 is 0 Å². The average molecular weight is 242 g/mol. The summed E-state index contributed by atoms with van der Waals surface area (Å²) in [6.45, 7) is 4.80. The number of carbonyl (C=O) groups is 1. The molecule has 100 valence electrons. The van der Waals surface area contributed by atoms with E-state index in [4.69, 9.17) is 10.5 Å². The van der Waals surface area contributed by atoms with Crippen molar-refractivity contribution in [2.24, 2.45) is 5.73 Å². The fourth-order valence-electron chi connectivity index (χ4n) is 2.33. The summed E-state index contributed by atoms with van der Waals surface area (Å²) in [6.07, 6.45) is 6.61. The molecular formula is C13H26N2O2. The Morgan fingerprint density at radius 2 is 2.29 bits per heavy atom. The molecule has 4 heteroatoms. The summed E-state index contributed by atoms with van der Waals surface area (Å²) >= 11 is 0. The molecule has 1 rings (SSSR count). The normalized spacial score (nSPS) is 21.4. The van der Waals surface area contributed by atoms with Crippen LogP contribution in [0.5, 0.6) is 0 Å². The topological polar surface area (TPSA) is 55.6 Å². The summed E-state index contributed by atoms with van der Waals surface area (Å²) in [5.41, 5.74) is 5.61. The fourth-order valence-corrected chi connectivity index (χ4v) is 2.33. The molecule has 1 aliphatic rings. The van der Waals surface area contributed by atoms with Gasteiger partial charge in [0.2, 0.25) is 0 Å². The molecule has 2 N–H and O–H groups in total. The van der Waals surface area contributed by atoms with Gasteiger partial charge in [0, 0.05) is 6.04 Å². The van der Waals surface area contributed by atoms with Crippen LogP contribution in [0.4, 0.5) is 0 Å². The first-order valence-corrected chi connectivity index (χ1v) is 6.87. The number of hydrogen-bond donors (Lipinski definition) is 1. The van der Waals surface area contributed by atoms with Gasteiger partial charge in [-0.1, -0.05) is 19.8 Å². The molecule has 17 heavy (non-hydrogen) atoms. The van der Waals surface area contributed by atoms with E-state index in [9.17, 15) is 4.79 Å². The van der Waals surface area contributed by atoms with E-state index in [1.165, 1.54) is 19.3 Å². The standard InChI is InChI=1S/C13H26N2O2/c1-2-3-10-17-13(16)11-15-9-5-4-6-12(15)7-8-14/h12H,2-11,14H2,1H3. The molecule has 1 heterocycles. The Morgan fingerprint density at radius 1 is 1.47 bits per heavy atom. The van der Waals surface area contributed by atoms with Crippen LogP contribution in [0.1, 0.15) is 45.4 Å². The number of hydrogen-bond acceptors (Lipinski definition) is 4. The highest BCUT2D eigenvalue weighted by molar-refractivity contribution is 5.71. The van der Waals surface area contributed by atoms with Crippen molar-refractivity contribution < 1.29 is 9.53 Å². The summed E-state index contributed by atoms with van der Waals surface area (Å²) in [4.78, 5) is 13.9. The molecular weight excluding hydrogens is 216 g/mol. The van der Waals surface area contributed by atoms with Crippen LogP contribution in [0, 0.1) is 0 Å². The lowest BCUT2D eigenvalue weighted by Crippen LogP contribution is -2.43. The molecule has 1 aliphatic heterocycles. The minimum Gasteiger partial charge on any atom is -0.465 e. The molecule has 0 amide bonds. The molecule has 0 radical (unpaired) electrons. The third-order valence-electron chi connectivity index (χ3n) is 3.34. The Bertz CT molecular complexity index is 219. The molecule has 0 spiro atoms. The second-order valence-corrected chi connectivity index (χ2v) is 4.77. The molecule has 1 saturated heterocycles. The third-order valence-corrected chi connectivity index (χ3v) is 3.34. The second kappa shape index (κ2) is 8.48. The predicted octanol–water partition coefficient (Wildman–Crippen LogP) is 1.53. The number of likely N-dealkylation sites (tertiary alicyclic amines) is 1. The Kier molecular flexibility index (Phi) is 7.21. The predicted molar refractivity (Wildman–Crippen MR) is 68.8 cm³/mol. The quantitative estimate of drug-likeness (QED) is 0.543. The molecule has 4 nitrogen and oxygen atoms in total. The molecule has 0 bridgehead atoms.